The number of piperidine rings is 1. The van der Waals surface area contributed by atoms with Crippen LogP contribution in [-0.4, -0.2) is 36.2 Å². The maximum absolute atomic E-state index is 11.6. The fraction of sp³-hybridized carbons (Fsp3) is 0.292. The van der Waals surface area contributed by atoms with Gasteiger partial charge in [-0.2, -0.15) is 0 Å². The van der Waals surface area contributed by atoms with E-state index in [2.05, 4.69) is 53.4 Å². The Balaban J connectivity index is 1.76. The predicted molar refractivity (Wildman–Crippen MR) is 111 cm³/mol. The third kappa shape index (κ3) is 3.73. The van der Waals surface area contributed by atoms with Gasteiger partial charge in [-0.1, -0.05) is 48.5 Å². The number of benzene rings is 3. The number of carboxylic acids is 1. The number of aliphatic carboxylic acids is 1. The van der Waals surface area contributed by atoms with Crippen LogP contribution in [0.1, 0.15) is 30.0 Å². The number of carboxylic acid groups (broad SMARTS) is 1. The molecule has 28 heavy (non-hydrogen) atoms. The lowest BCUT2D eigenvalue weighted by Crippen LogP contribution is -2.41. The summed E-state index contributed by atoms with van der Waals surface area (Å²) in [6, 6.07) is 23.0. The minimum Gasteiger partial charge on any atom is -0.497 e. The van der Waals surface area contributed by atoms with E-state index in [0.29, 0.717) is 6.54 Å². The van der Waals surface area contributed by atoms with E-state index in [4.69, 9.17) is 4.74 Å². The molecular formula is C24H25NO3. The molecule has 1 aliphatic rings. The minimum absolute atomic E-state index is 0.0256. The molecule has 0 radical (unpaired) electrons. The molecule has 0 amide bonds. The smallest absolute Gasteiger partial charge is 0.307 e. The van der Waals surface area contributed by atoms with Crippen molar-refractivity contribution in [1.82, 2.24) is 4.90 Å². The first kappa shape index (κ1) is 18.5. The summed E-state index contributed by atoms with van der Waals surface area (Å²) in [6.45, 7) is 1.46. The lowest BCUT2D eigenvalue weighted by atomic mass is 9.90. The number of hydrogen-bond donors (Lipinski definition) is 1. The molecule has 4 rings (SSSR count). The highest BCUT2D eigenvalue weighted by Gasteiger charge is 2.31. The highest BCUT2D eigenvalue weighted by molar-refractivity contribution is 5.83. The molecule has 2 unspecified atom stereocenters. The monoisotopic (exact) mass is 375 g/mol. The summed E-state index contributed by atoms with van der Waals surface area (Å²) in [5, 5.41) is 12.0. The number of hydrogen-bond acceptors (Lipinski definition) is 3. The van der Waals surface area contributed by atoms with Gasteiger partial charge in [-0.3, -0.25) is 9.69 Å². The van der Waals surface area contributed by atoms with Gasteiger partial charge >= 0.3 is 5.97 Å². The molecule has 1 saturated heterocycles. The Morgan fingerprint density at radius 1 is 1.04 bits per heavy atom. The quantitative estimate of drug-likeness (QED) is 0.700. The maximum Gasteiger partial charge on any atom is 0.307 e. The first-order valence-electron chi connectivity index (χ1n) is 9.75. The van der Waals surface area contributed by atoms with Crippen molar-refractivity contribution in [3.63, 3.8) is 0 Å². The van der Waals surface area contributed by atoms with E-state index in [-0.39, 0.29) is 12.0 Å². The molecule has 4 heteroatoms. The summed E-state index contributed by atoms with van der Waals surface area (Å²) in [5.74, 6) is -0.185. The lowest BCUT2D eigenvalue weighted by Gasteiger charge is -2.37. The molecular weight excluding hydrogens is 350 g/mol. The maximum atomic E-state index is 11.6. The Kier molecular flexibility index (Phi) is 5.31. The predicted octanol–water partition coefficient (Wildman–Crippen LogP) is 4.73. The number of carbonyl (C=O) groups is 1. The van der Waals surface area contributed by atoms with Gasteiger partial charge in [0.1, 0.15) is 5.75 Å². The second-order valence-electron chi connectivity index (χ2n) is 7.45. The van der Waals surface area contributed by atoms with Crippen molar-refractivity contribution in [2.45, 2.75) is 18.9 Å². The first-order valence-corrected chi connectivity index (χ1v) is 9.75. The Bertz CT molecular complexity index is 967. The number of likely N-dealkylation sites (tertiary alicyclic amines) is 1. The first-order chi connectivity index (χ1) is 13.7. The molecule has 2 atom stereocenters. The number of nitrogens with zero attached hydrogens (tertiary/aromatic N) is 1. The third-order valence-corrected chi connectivity index (χ3v) is 5.69. The van der Waals surface area contributed by atoms with Gasteiger partial charge in [-0.25, -0.2) is 0 Å². The lowest BCUT2D eigenvalue weighted by molar-refractivity contribution is -0.143. The molecule has 0 aromatic heterocycles. The fourth-order valence-corrected chi connectivity index (χ4v) is 4.22. The van der Waals surface area contributed by atoms with Crippen molar-refractivity contribution in [2.24, 2.45) is 5.92 Å². The Labute approximate surface area is 165 Å². The fourth-order valence-electron chi connectivity index (χ4n) is 4.22. The zero-order valence-corrected chi connectivity index (χ0v) is 16.0. The van der Waals surface area contributed by atoms with Crippen molar-refractivity contribution in [3.8, 4) is 5.75 Å². The molecule has 1 N–H and O–H groups in total. The van der Waals surface area contributed by atoms with Crippen LogP contribution in [0.25, 0.3) is 10.8 Å². The van der Waals surface area contributed by atoms with Crippen LogP contribution in [0, 0.1) is 5.92 Å². The molecule has 1 aliphatic heterocycles. The summed E-state index contributed by atoms with van der Waals surface area (Å²) in [7, 11) is 1.66. The van der Waals surface area contributed by atoms with Crippen LogP contribution in [-0.2, 0) is 4.79 Å². The van der Waals surface area contributed by atoms with Crippen molar-refractivity contribution in [1.29, 1.82) is 0 Å². The zero-order chi connectivity index (χ0) is 19.5. The SMILES string of the molecule is COc1ccc(C(c2ccc3ccccc3c2)N2CCCC(C(=O)O)C2)cc1. The third-order valence-electron chi connectivity index (χ3n) is 5.69. The van der Waals surface area contributed by atoms with Crippen LogP contribution in [0.3, 0.4) is 0 Å². The number of methoxy groups -OCH3 is 1. The van der Waals surface area contributed by atoms with E-state index in [1.807, 2.05) is 18.2 Å². The van der Waals surface area contributed by atoms with Gasteiger partial charge in [0, 0.05) is 6.54 Å². The Morgan fingerprint density at radius 3 is 2.46 bits per heavy atom. The van der Waals surface area contributed by atoms with Crippen molar-refractivity contribution >= 4 is 16.7 Å². The molecule has 144 valence electrons. The highest BCUT2D eigenvalue weighted by Crippen LogP contribution is 2.34. The molecule has 4 nitrogen and oxygen atoms in total. The normalized spacial score (nSPS) is 18.7. The molecule has 0 aliphatic carbocycles. The van der Waals surface area contributed by atoms with Crippen molar-refractivity contribution < 1.29 is 14.6 Å². The molecule has 0 bridgehead atoms. The van der Waals surface area contributed by atoms with Gasteiger partial charge in [-0.05, 0) is 59.5 Å². The second-order valence-corrected chi connectivity index (χ2v) is 7.45. The molecule has 1 heterocycles. The van der Waals surface area contributed by atoms with Crippen molar-refractivity contribution in [2.75, 3.05) is 20.2 Å². The molecule has 0 spiro atoms. The average molecular weight is 375 g/mol. The molecule has 0 saturated carbocycles. The average Bonchev–Trinajstić information content (AvgIpc) is 2.74. The number of rotatable bonds is 5. The zero-order valence-electron chi connectivity index (χ0n) is 16.0. The van der Waals surface area contributed by atoms with E-state index in [1.54, 1.807) is 7.11 Å². The molecule has 1 fully saturated rings. The van der Waals surface area contributed by atoms with E-state index < -0.39 is 5.97 Å². The Hall–Kier alpha value is -2.85. The van der Waals surface area contributed by atoms with E-state index in [1.165, 1.54) is 16.3 Å². The van der Waals surface area contributed by atoms with Crippen LogP contribution < -0.4 is 4.74 Å². The summed E-state index contributed by atoms with van der Waals surface area (Å²) in [4.78, 5) is 13.9. The summed E-state index contributed by atoms with van der Waals surface area (Å²) < 4.78 is 5.31. The van der Waals surface area contributed by atoms with Crippen LogP contribution in [0.4, 0.5) is 0 Å². The molecule has 3 aromatic rings. The van der Waals surface area contributed by atoms with Crippen LogP contribution in [0.2, 0.25) is 0 Å². The summed E-state index contributed by atoms with van der Waals surface area (Å²) in [5.41, 5.74) is 2.34. The van der Waals surface area contributed by atoms with Crippen LogP contribution >= 0.6 is 0 Å². The Morgan fingerprint density at radius 2 is 1.75 bits per heavy atom. The van der Waals surface area contributed by atoms with Gasteiger partial charge in [-0.15, -0.1) is 0 Å². The van der Waals surface area contributed by atoms with E-state index in [9.17, 15) is 9.90 Å². The number of ether oxygens (including phenoxy) is 1. The van der Waals surface area contributed by atoms with Gasteiger partial charge in [0.05, 0.1) is 19.1 Å². The van der Waals surface area contributed by atoms with Gasteiger partial charge < -0.3 is 9.84 Å². The summed E-state index contributed by atoms with van der Waals surface area (Å²) in [6.07, 6.45) is 1.65. The highest BCUT2D eigenvalue weighted by atomic mass is 16.5. The molecule has 3 aromatic carbocycles. The van der Waals surface area contributed by atoms with Gasteiger partial charge in [0.15, 0.2) is 0 Å². The largest absolute Gasteiger partial charge is 0.497 e. The summed E-state index contributed by atoms with van der Waals surface area (Å²) >= 11 is 0. The van der Waals surface area contributed by atoms with Gasteiger partial charge in [0.25, 0.3) is 0 Å². The number of fused-ring (bicyclic) bond motifs is 1. The van der Waals surface area contributed by atoms with E-state index >= 15 is 0 Å². The topological polar surface area (TPSA) is 49.8 Å². The second kappa shape index (κ2) is 8.03. The minimum atomic E-state index is -0.698. The van der Waals surface area contributed by atoms with Crippen LogP contribution in [0.5, 0.6) is 5.75 Å². The standard InChI is InChI=1S/C24H25NO3/c1-28-22-12-10-18(11-13-22)23(25-14-4-7-21(16-25)24(26)27)20-9-8-17-5-2-3-6-19(17)15-20/h2-3,5-6,8-13,15,21,23H,4,7,14,16H2,1H3,(H,26,27). The van der Waals surface area contributed by atoms with Crippen molar-refractivity contribution in [3.05, 3.63) is 77.9 Å². The van der Waals surface area contributed by atoms with Crippen LogP contribution in [0.15, 0.2) is 66.7 Å². The van der Waals surface area contributed by atoms with E-state index in [0.717, 1.165) is 30.7 Å². The van der Waals surface area contributed by atoms with Gasteiger partial charge in [0.2, 0.25) is 0 Å².